The molecule has 0 nitrogen and oxygen atoms in total. The third kappa shape index (κ3) is 18.1. The van der Waals surface area contributed by atoms with E-state index in [9.17, 15) is 0 Å². The second kappa shape index (κ2) is 23.3. The van der Waals surface area contributed by atoms with E-state index in [-0.39, 0.29) is 0 Å². The predicted molar refractivity (Wildman–Crippen MR) is 131 cm³/mol. The molecule has 0 aliphatic rings. The SMILES string of the molecule is CCCCCCCC[C](CCCCCCCC)C(CC)CCCCCCCC. The van der Waals surface area contributed by atoms with Crippen molar-refractivity contribution in [2.45, 2.75) is 169 Å². The molecule has 0 amide bonds. The zero-order chi connectivity index (χ0) is 20.7. The van der Waals surface area contributed by atoms with Gasteiger partial charge in [0.2, 0.25) is 0 Å². The molecule has 0 N–H and O–H groups in total. The number of hydrogen-bond donors (Lipinski definition) is 0. The number of unbranched alkanes of at least 4 members (excludes halogenated alkanes) is 15. The fourth-order valence-electron chi connectivity index (χ4n) is 4.67. The summed E-state index contributed by atoms with van der Waals surface area (Å²) in [7, 11) is 0. The van der Waals surface area contributed by atoms with Gasteiger partial charge in [-0.15, -0.1) is 0 Å². The zero-order valence-electron chi connectivity index (χ0n) is 20.6. The van der Waals surface area contributed by atoms with Crippen LogP contribution in [0.5, 0.6) is 0 Å². The Hall–Kier alpha value is 0. The summed E-state index contributed by atoms with van der Waals surface area (Å²) in [4.78, 5) is 0. The van der Waals surface area contributed by atoms with Gasteiger partial charge in [0.25, 0.3) is 0 Å². The molecule has 1 atom stereocenters. The summed E-state index contributed by atoms with van der Waals surface area (Å²) in [6.07, 6.45) is 31.7. The van der Waals surface area contributed by atoms with Crippen molar-refractivity contribution < 1.29 is 0 Å². The number of rotatable bonds is 23. The first kappa shape index (κ1) is 28.0. The lowest BCUT2D eigenvalue weighted by Gasteiger charge is -2.26. The van der Waals surface area contributed by atoms with Crippen LogP contribution in [-0.2, 0) is 0 Å². The highest BCUT2D eigenvalue weighted by molar-refractivity contribution is 4.95. The van der Waals surface area contributed by atoms with Gasteiger partial charge >= 0.3 is 0 Å². The Kier molecular flexibility index (Phi) is 23.3. The van der Waals surface area contributed by atoms with Crippen molar-refractivity contribution in [3.63, 3.8) is 0 Å². The van der Waals surface area contributed by atoms with E-state index in [4.69, 9.17) is 0 Å². The van der Waals surface area contributed by atoms with Crippen molar-refractivity contribution in [1.29, 1.82) is 0 Å². The Labute approximate surface area is 181 Å². The lowest BCUT2D eigenvalue weighted by molar-refractivity contribution is 0.396. The van der Waals surface area contributed by atoms with E-state index in [1.54, 1.807) is 0 Å². The van der Waals surface area contributed by atoms with Crippen LogP contribution in [0.4, 0.5) is 0 Å². The van der Waals surface area contributed by atoms with Crippen LogP contribution in [0.25, 0.3) is 0 Å². The maximum Gasteiger partial charge on any atom is -0.0210 e. The van der Waals surface area contributed by atoms with Gasteiger partial charge in [-0.3, -0.25) is 0 Å². The standard InChI is InChI=1S/C28H57/c1-5-9-12-15-18-21-24-27(8-4)28(25-22-19-16-13-10-6-2)26-23-20-17-14-11-7-3/h27H,5-26H2,1-4H3. The first-order valence-electron chi connectivity index (χ1n) is 13.6. The second-order valence-electron chi connectivity index (χ2n) is 9.36. The normalized spacial score (nSPS) is 12.8. The third-order valence-electron chi connectivity index (χ3n) is 6.68. The fourth-order valence-corrected chi connectivity index (χ4v) is 4.67. The summed E-state index contributed by atoms with van der Waals surface area (Å²) in [6, 6.07) is 0. The average molecular weight is 394 g/mol. The van der Waals surface area contributed by atoms with Gasteiger partial charge in [0.15, 0.2) is 0 Å². The Bertz CT molecular complexity index is 253. The van der Waals surface area contributed by atoms with Crippen LogP contribution in [0.3, 0.4) is 0 Å². The molecule has 0 saturated carbocycles. The molecular formula is C28H57. The molecule has 0 spiro atoms. The first-order valence-corrected chi connectivity index (χ1v) is 13.6. The molecule has 0 aromatic rings. The van der Waals surface area contributed by atoms with Crippen LogP contribution in [0.15, 0.2) is 0 Å². The molecule has 0 bridgehead atoms. The van der Waals surface area contributed by atoms with Crippen molar-refractivity contribution in [3.05, 3.63) is 5.92 Å². The predicted octanol–water partition coefficient (Wildman–Crippen LogP) is 10.8. The van der Waals surface area contributed by atoms with Crippen LogP contribution in [0.2, 0.25) is 0 Å². The third-order valence-corrected chi connectivity index (χ3v) is 6.68. The molecule has 28 heavy (non-hydrogen) atoms. The molecule has 0 aliphatic heterocycles. The maximum atomic E-state index is 2.45. The van der Waals surface area contributed by atoms with Crippen molar-refractivity contribution in [1.82, 2.24) is 0 Å². The van der Waals surface area contributed by atoms with E-state index >= 15 is 0 Å². The summed E-state index contributed by atoms with van der Waals surface area (Å²) in [5.41, 5.74) is 0. The molecular weight excluding hydrogens is 336 g/mol. The average Bonchev–Trinajstić information content (AvgIpc) is 2.71. The largest absolute Gasteiger partial charge is 0.0654 e. The molecule has 0 aromatic carbocycles. The van der Waals surface area contributed by atoms with E-state index in [1.165, 1.54) is 141 Å². The minimum absolute atomic E-state index is 0.928. The summed E-state index contributed by atoms with van der Waals surface area (Å²) in [5, 5.41) is 0. The van der Waals surface area contributed by atoms with Gasteiger partial charge < -0.3 is 0 Å². The van der Waals surface area contributed by atoms with Crippen LogP contribution >= 0.6 is 0 Å². The molecule has 0 aliphatic carbocycles. The monoisotopic (exact) mass is 393 g/mol. The minimum atomic E-state index is 0.928. The van der Waals surface area contributed by atoms with Crippen LogP contribution in [-0.4, -0.2) is 0 Å². The van der Waals surface area contributed by atoms with Crippen LogP contribution in [0.1, 0.15) is 169 Å². The Morgan fingerprint density at radius 2 is 0.786 bits per heavy atom. The smallest absolute Gasteiger partial charge is 0.0210 e. The number of hydrogen-bond acceptors (Lipinski definition) is 0. The Morgan fingerprint density at radius 1 is 0.429 bits per heavy atom. The van der Waals surface area contributed by atoms with E-state index < -0.39 is 0 Å². The van der Waals surface area contributed by atoms with Gasteiger partial charge in [0, 0.05) is 0 Å². The molecule has 0 rings (SSSR count). The van der Waals surface area contributed by atoms with E-state index in [0.29, 0.717) is 0 Å². The zero-order valence-corrected chi connectivity index (χ0v) is 20.6. The van der Waals surface area contributed by atoms with Gasteiger partial charge in [-0.25, -0.2) is 0 Å². The fraction of sp³-hybridized carbons (Fsp3) is 0.964. The van der Waals surface area contributed by atoms with Gasteiger partial charge in [-0.05, 0) is 31.1 Å². The lowest BCUT2D eigenvalue weighted by Crippen LogP contribution is -2.13. The van der Waals surface area contributed by atoms with Crippen molar-refractivity contribution in [3.8, 4) is 0 Å². The Morgan fingerprint density at radius 3 is 1.18 bits per heavy atom. The molecule has 0 saturated heterocycles. The topological polar surface area (TPSA) is 0 Å². The van der Waals surface area contributed by atoms with Crippen LogP contribution < -0.4 is 0 Å². The highest BCUT2D eigenvalue weighted by Gasteiger charge is 2.19. The summed E-state index contributed by atoms with van der Waals surface area (Å²) < 4.78 is 0. The van der Waals surface area contributed by atoms with E-state index in [1.807, 2.05) is 5.92 Å². The molecule has 0 aromatic heterocycles. The van der Waals surface area contributed by atoms with Crippen molar-refractivity contribution >= 4 is 0 Å². The molecule has 0 heterocycles. The van der Waals surface area contributed by atoms with Gasteiger partial charge in [-0.1, -0.05) is 150 Å². The molecule has 1 radical (unpaired) electrons. The second-order valence-corrected chi connectivity index (χ2v) is 9.36. The Balaban J connectivity index is 4.19. The minimum Gasteiger partial charge on any atom is -0.0654 e. The van der Waals surface area contributed by atoms with Crippen LogP contribution in [0, 0.1) is 11.8 Å². The molecule has 0 fully saturated rings. The first-order chi connectivity index (χ1) is 13.8. The summed E-state index contributed by atoms with van der Waals surface area (Å²) in [6.45, 7) is 9.41. The molecule has 0 heteroatoms. The molecule has 169 valence electrons. The van der Waals surface area contributed by atoms with Gasteiger partial charge in [0.05, 0.1) is 0 Å². The highest BCUT2D eigenvalue weighted by atomic mass is 14.2. The highest BCUT2D eigenvalue weighted by Crippen LogP contribution is 2.33. The van der Waals surface area contributed by atoms with Crippen molar-refractivity contribution in [2.75, 3.05) is 0 Å². The quantitative estimate of drug-likeness (QED) is 0.151. The summed E-state index contributed by atoms with van der Waals surface area (Å²) in [5.74, 6) is 2.89. The maximum absolute atomic E-state index is 2.45. The summed E-state index contributed by atoms with van der Waals surface area (Å²) >= 11 is 0. The lowest BCUT2D eigenvalue weighted by atomic mass is 9.79. The van der Waals surface area contributed by atoms with Crippen molar-refractivity contribution in [2.24, 2.45) is 5.92 Å². The van der Waals surface area contributed by atoms with E-state index in [2.05, 4.69) is 27.7 Å². The van der Waals surface area contributed by atoms with Gasteiger partial charge in [0.1, 0.15) is 0 Å². The van der Waals surface area contributed by atoms with E-state index in [0.717, 1.165) is 5.92 Å². The van der Waals surface area contributed by atoms with Gasteiger partial charge in [-0.2, -0.15) is 0 Å². The molecule has 1 unspecified atom stereocenters.